The molecule has 0 fully saturated rings. The Labute approximate surface area is 361 Å². The van der Waals surface area contributed by atoms with Crippen LogP contribution in [0.15, 0.2) is 12.2 Å². The van der Waals surface area contributed by atoms with E-state index in [4.69, 9.17) is 4.74 Å². The van der Waals surface area contributed by atoms with Gasteiger partial charge in [-0.15, -0.1) is 0 Å². The number of nitrogens with one attached hydrogen (secondary N) is 1. The SMILES string of the molecule is CCCCCC/C=C\CCCCCCCC(CC(=O)NC(CO)C(O)CCCCCCCCCCC)OC(=O)CCCCCCCCCCCCCCCCCCC. The van der Waals surface area contributed by atoms with Gasteiger partial charge in [-0.2, -0.15) is 0 Å². The van der Waals surface area contributed by atoms with E-state index in [0.29, 0.717) is 19.3 Å². The number of rotatable bonds is 47. The largest absolute Gasteiger partial charge is 0.462 e. The summed E-state index contributed by atoms with van der Waals surface area (Å²) < 4.78 is 5.93. The Morgan fingerprint density at radius 2 is 0.828 bits per heavy atom. The van der Waals surface area contributed by atoms with Gasteiger partial charge in [0.05, 0.1) is 25.2 Å². The van der Waals surface area contributed by atoms with E-state index in [0.717, 1.165) is 64.2 Å². The molecule has 6 nitrogen and oxygen atoms in total. The molecule has 0 aromatic carbocycles. The smallest absolute Gasteiger partial charge is 0.306 e. The third-order valence-electron chi connectivity index (χ3n) is 12.1. The molecule has 344 valence electrons. The zero-order valence-electron chi connectivity index (χ0n) is 39.2. The van der Waals surface area contributed by atoms with Crippen LogP contribution in [0.4, 0.5) is 0 Å². The summed E-state index contributed by atoms with van der Waals surface area (Å²) in [7, 11) is 0. The highest BCUT2D eigenvalue weighted by Gasteiger charge is 2.24. The van der Waals surface area contributed by atoms with Crippen LogP contribution < -0.4 is 5.32 Å². The summed E-state index contributed by atoms with van der Waals surface area (Å²) in [5.41, 5.74) is 0. The maximum atomic E-state index is 13.2. The van der Waals surface area contributed by atoms with Crippen molar-refractivity contribution in [3.8, 4) is 0 Å². The van der Waals surface area contributed by atoms with Gasteiger partial charge in [0, 0.05) is 6.42 Å². The normalized spacial score (nSPS) is 13.3. The number of unbranched alkanes of at least 4 members (excludes halogenated alkanes) is 33. The fourth-order valence-electron chi connectivity index (χ4n) is 8.13. The first kappa shape index (κ1) is 56.6. The highest BCUT2D eigenvalue weighted by molar-refractivity contribution is 5.77. The van der Waals surface area contributed by atoms with Gasteiger partial charge in [-0.3, -0.25) is 9.59 Å². The average molecular weight is 820 g/mol. The molecular formula is C52H101NO5. The summed E-state index contributed by atoms with van der Waals surface area (Å²) in [6.07, 6.45) is 51.3. The lowest BCUT2D eigenvalue weighted by Gasteiger charge is -2.24. The van der Waals surface area contributed by atoms with Gasteiger partial charge in [0.1, 0.15) is 6.10 Å². The minimum atomic E-state index is -0.782. The van der Waals surface area contributed by atoms with E-state index in [1.54, 1.807) is 0 Å². The van der Waals surface area contributed by atoms with Crippen molar-refractivity contribution in [3.63, 3.8) is 0 Å². The fraction of sp³-hybridized carbons (Fsp3) is 0.923. The van der Waals surface area contributed by atoms with Crippen molar-refractivity contribution in [2.45, 2.75) is 302 Å². The van der Waals surface area contributed by atoms with Gasteiger partial charge in [-0.1, -0.05) is 232 Å². The van der Waals surface area contributed by atoms with E-state index in [-0.39, 0.29) is 24.9 Å². The van der Waals surface area contributed by atoms with Gasteiger partial charge < -0.3 is 20.3 Å². The van der Waals surface area contributed by atoms with Crippen LogP contribution in [0, 0.1) is 0 Å². The lowest BCUT2D eigenvalue weighted by atomic mass is 10.0. The molecular weight excluding hydrogens is 719 g/mol. The molecule has 1 amide bonds. The van der Waals surface area contributed by atoms with E-state index in [9.17, 15) is 19.8 Å². The van der Waals surface area contributed by atoms with Crippen LogP contribution in [0.5, 0.6) is 0 Å². The van der Waals surface area contributed by atoms with Crippen LogP contribution in [0.25, 0.3) is 0 Å². The highest BCUT2D eigenvalue weighted by atomic mass is 16.5. The molecule has 3 atom stereocenters. The number of hydrogen-bond donors (Lipinski definition) is 3. The van der Waals surface area contributed by atoms with Crippen LogP contribution in [-0.2, 0) is 14.3 Å². The third kappa shape index (κ3) is 41.3. The van der Waals surface area contributed by atoms with Crippen molar-refractivity contribution in [3.05, 3.63) is 12.2 Å². The number of aliphatic hydroxyl groups is 2. The van der Waals surface area contributed by atoms with Gasteiger partial charge in [-0.05, 0) is 51.4 Å². The first-order valence-corrected chi connectivity index (χ1v) is 25.9. The van der Waals surface area contributed by atoms with Gasteiger partial charge in [0.15, 0.2) is 0 Å². The van der Waals surface area contributed by atoms with Crippen LogP contribution in [-0.4, -0.2) is 46.9 Å². The van der Waals surface area contributed by atoms with Crippen LogP contribution in [0.1, 0.15) is 284 Å². The molecule has 0 heterocycles. The lowest BCUT2D eigenvalue weighted by Crippen LogP contribution is -2.46. The molecule has 3 unspecified atom stereocenters. The number of amides is 1. The zero-order chi connectivity index (χ0) is 42.4. The number of aliphatic hydroxyl groups excluding tert-OH is 2. The molecule has 3 N–H and O–H groups in total. The Morgan fingerprint density at radius 3 is 1.24 bits per heavy atom. The second-order valence-electron chi connectivity index (χ2n) is 17.9. The van der Waals surface area contributed by atoms with E-state index < -0.39 is 18.2 Å². The van der Waals surface area contributed by atoms with Crippen molar-refractivity contribution >= 4 is 11.9 Å². The maximum absolute atomic E-state index is 13.2. The van der Waals surface area contributed by atoms with Crippen LogP contribution in [0.3, 0.4) is 0 Å². The van der Waals surface area contributed by atoms with Gasteiger partial charge in [0.25, 0.3) is 0 Å². The Kier molecular flexibility index (Phi) is 45.5. The number of allylic oxidation sites excluding steroid dienone is 2. The summed E-state index contributed by atoms with van der Waals surface area (Å²) in [5, 5.41) is 23.7. The Bertz CT molecular complexity index is 878. The molecule has 6 heteroatoms. The van der Waals surface area contributed by atoms with E-state index in [1.807, 2.05) is 0 Å². The Morgan fingerprint density at radius 1 is 0.483 bits per heavy atom. The minimum absolute atomic E-state index is 0.0785. The monoisotopic (exact) mass is 820 g/mol. The van der Waals surface area contributed by atoms with Crippen molar-refractivity contribution in [1.29, 1.82) is 0 Å². The third-order valence-corrected chi connectivity index (χ3v) is 12.1. The van der Waals surface area contributed by atoms with Crippen molar-refractivity contribution in [2.75, 3.05) is 6.61 Å². The predicted octanol–water partition coefficient (Wildman–Crippen LogP) is 15.3. The standard InChI is InChI=1S/C52H101NO5/c1-4-7-10-13-16-19-21-23-24-25-26-28-30-33-36-39-42-45-52(57)58-48(43-40-37-34-32-29-27-22-20-17-14-11-8-5-2)46-51(56)53-49(47-54)50(55)44-41-38-35-31-18-15-12-9-6-3/h20,22,48-50,54-55H,4-19,21,23-47H2,1-3H3,(H,53,56)/b22-20-. The Balaban J connectivity index is 4.49. The Hall–Kier alpha value is -1.40. The average Bonchev–Trinajstić information content (AvgIpc) is 3.22. The molecule has 0 bridgehead atoms. The molecule has 0 aromatic rings. The van der Waals surface area contributed by atoms with Crippen molar-refractivity contribution in [2.24, 2.45) is 0 Å². The van der Waals surface area contributed by atoms with E-state index >= 15 is 0 Å². The van der Waals surface area contributed by atoms with Crippen molar-refractivity contribution < 1.29 is 24.5 Å². The lowest BCUT2D eigenvalue weighted by molar-refractivity contribution is -0.151. The molecule has 0 aliphatic carbocycles. The number of esters is 1. The topological polar surface area (TPSA) is 95.9 Å². The summed E-state index contributed by atoms with van der Waals surface area (Å²) >= 11 is 0. The molecule has 0 radical (unpaired) electrons. The molecule has 0 spiro atoms. The van der Waals surface area contributed by atoms with E-state index in [2.05, 4.69) is 38.2 Å². The number of carbonyl (C=O) groups is 2. The summed E-state index contributed by atoms with van der Waals surface area (Å²) in [5.74, 6) is -0.466. The maximum Gasteiger partial charge on any atom is 0.306 e. The minimum Gasteiger partial charge on any atom is -0.462 e. The first-order valence-electron chi connectivity index (χ1n) is 25.9. The van der Waals surface area contributed by atoms with E-state index in [1.165, 1.54) is 173 Å². The first-order chi connectivity index (χ1) is 28.5. The molecule has 0 aliphatic heterocycles. The quantitative estimate of drug-likeness (QED) is 0.0323. The molecule has 0 aliphatic rings. The second-order valence-corrected chi connectivity index (χ2v) is 17.9. The molecule has 0 saturated carbocycles. The fourth-order valence-corrected chi connectivity index (χ4v) is 8.13. The van der Waals surface area contributed by atoms with Crippen LogP contribution >= 0.6 is 0 Å². The molecule has 0 saturated heterocycles. The predicted molar refractivity (Wildman–Crippen MR) is 250 cm³/mol. The zero-order valence-corrected chi connectivity index (χ0v) is 39.2. The molecule has 0 aromatic heterocycles. The van der Waals surface area contributed by atoms with Gasteiger partial charge in [-0.25, -0.2) is 0 Å². The summed E-state index contributed by atoms with van der Waals surface area (Å²) in [6.45, 7) is 6.47. The van der Waals surface area contributed by atoms with Crippen molar-refractivity contribution in [1.82, 2.24) is 5.32 Å². The van der Waals surface area contributed by atoms with Gasteiger partial charge >= 0.3 is 5.97 Å². The number of hydrogen-bond acceptors (Lipinski definition) is 5. The molecule has 58 heavy (non-hydrogen) atoms. The number of ether oxygens (including phenoxy) is 1. The molecule has 0 rings (SSSR count). The van der Waals surface area contributed by atoms with Gasteiger partial charge in [0.2, 0.25) is 5.91 Å². The highest BCUT2D eigenvalue weighted by Crippen LogP contribution is 2.18. The second kappa shape index (κ2) is 46.7. The number of carbonyl (C=O) groups excluding carboxylic acids is 2. The summed E-state index contributed by atoms with van der Waals surface area (Å²) in [4.78, 5) is 26.1. The van der Waals surface area contributed by atoms with Crippen LogP contribution in [0.2, 0.25) is 0 Å². The summed E-state index contributed by atoms with van der Waals surface area (Å²) in [6, 6.07) is -0.696.